The number of esters is 1. The molecule has 0 bridgehead atoms. The number of rotatable bonds is 5. The van der Waals surface area contributed by atoms with Crippen LogP contribution in [-0.2, 0) is 47.0 Å². The summed E-state index contributed by atoms with van der Waals surface area (Å²) in [4.78, 5) is 22.4. The summed E-state index contributed by atoms with van der Waals surface area (Å²) >= 11 is 0. The molecule has 2 unspecified atom stereocenters. The molecule has 0 saturated heterocycles. The van der Waals surface area contributed by atoms with Gasteiger partial charge in [-0.2, -0.15) is 0 Å². The number of carboxylic acid groups (broad SMARTS) is 1. The van der Waals surface area contributed by atoms with Crippen molar-refractivity contribution >= 4 is 11.9 Å². The smallest absolute Gasteiger partial charge is 0.293 e. The van der Waals surface area contributed by atoms with Gasteiger partial charge in [-0.3, -0.25) is 22.4 Å². The van der Waals surface area contributed by atoms with E-state index < -0.39 is 23.8 Å². The first-order valence-electron chi connectivity index (χ1n) is 5.02. The number of aliphatic carboxylic acids is 1. The number of allylic oxidation sites excluding steroid dienone is 2. The van der Waals surface area contributed by atoms with Gasteiger partial charge in [0.1, 0.15) is 0 Å². The molecule has 2 atom stereocenters. The first kappa shape index (κ1) is 16.5. The standard InChI is InChI=1S/C11H14O5.Y/c12-6-3-7-16-11(15)9-5-2-1-4-8(9)10(13)14;/h1-2,4-5,8-9,12H,3,6-7H2,(H,13,14);/q-2;. The van der Waals surface area contributed by atoms with Crippen LogP contribution in [0, 0.1) is 24.7 Å². The molecule has 17 heavy (non-hydrogen) atoms. The molecule has 93 valence electrons. The number of hydrogen-bond acceptors (Lipinski definition) is 4. The molecule has 1 aliphatic rings. The van der Waals surface area contributed by atoms with Gasteiger partial charge >= 0.3 is 0 Å². The Kier molecular flexibility index (Phi) is 8.30. The Morgan fingerprint density at radius 3 is 2.35 bits per heavy atom. The quantitative estimate of drug-likeness (QED) is 0.430. The second kappa shape index (κ2) is 8.56. The van der Waals surface area contributed by atoms with E-state index in [2.05, 4.69) is 0 Å². The summed E-state index contributed by atoms with van der Waals surface area (Å²) in [6.45, 7) is 0.0474. The van der Waals surface area contributed by atoms with Crippen LogP contribution >= 0.6 is 0 Å². The van der Waals surface area contributed by atoms with Gasteiger partial charge in [0.25, 0.3) is 11.9 Å². The second-order valence-electron chi connectivity index (χ2n) is 3.40. The molecule has 2 N–H and O–H groups in total. The van der Waals surface area contributed by atoms with Crippen molar-refractivity contribution in [3.63, 3.8) is 0 Å². The number of aliphatic hydroxyl groups excluding tert-OH is 1. The van der Waals surface area contributed by atoms with E-state index in [0.717, 1.165) is 0 Å². The summed E-state index contributed by atoms with van der Waals surface area (Å²) < 4.78 is 4.85. The van der Waals surface area contributed by atoms with Gasteiger partial charge in [0.05, 0.1) is 6.61 Å². The predicted molar refractivity (Wildman–Crippen MR) is 55.0 cm³/mol. The first-order valence-corrected chi connectivity index (χ1v) is 5.02. The zero-order valence-corrected chi connectivity index (χ0v) is 12.1. The molecule has 0 aliphatic heterocycles. The molecule has 0 aromatic heterocycles. The second-order valence-corrected chi connectivity index (χ2v) is 3.40. The van der Waals surface area contributed by atoms with E-state index in [-0.39, 0.29) is 45.9 Å². The van der Waals surface area contributed by atoms with Crippen molar-refractivity contribution in [1.82, 2.24) is 0 Å². The maximum absolute atomic E-state index is 11.5. The van der Waals surface area contributed by atoms with Crippen LogP contribution in [0.25, 0.3) is 0 Å². The summed E-state index contributed by atoms with van der Waals surface area (Å²) in [6.07, 6.45) is 6.55. The first-order chi connectivity index (χ1) is 7.66. The van der Waals surface area contributed by atoms with Crippen LogP contribution in [0.4, 0.5) is 0 Å². The number of hydrogen-bond donors (Lipinski definition) is 2. The van der Waals surface area contributed by atoms with Crippen LogP contribution in [-0.4, -0.2) is 35.4 Å². The molecule has 0 amide bonds. The van der Waals surface area contributed by atoms with Crippen LogP contribution in [0.2, 0.25) is 0 Å². The minimum absolute atomic E-state index is 0. The van der Waals surface area contributed by atoms with Crippen molar-refractivity contribution in [2.75, 3.05) is 13.2 Å². The van der Waals surface area contributed by atoms with E-state index in [4.69, 9.17) is 14.9 Å². The SMILES string of the molecule is O=C(O)C1[CH-]C=C[CH-]C1C(=O)OCCCO.[Y]. The third kappa shape index (κ3) is 5.10. The molecular formula is C11H14O5Y-2. The number of aliphatic hydroxyl groups is 1. The molecule has 6 heteroatoms. The van der Waals surface area contributed by atoms with Crippen LogP contribution in [0.5, 0.6) is 0 Å². The molecule has 1 aliphatic carbocycles. The summed E-state index contributed by atoms with van der Waals surface area (Å²) in [5, 5.41) is 17.4. The average Bonchev–Trinajstić information content (AvgIpc) is 2.29. The van der Waals surface area contributed by atoms with E-state index in [1.165, 1.54) is 12.8 Å². The molecule has 0 aromatic carbocycles. The van der Waals surface area contributed by atoms with Gasteiger partial charge in [0, 0.05) is 45.7 Å². The van der Waals surface area contributed by atoms with Gasteiger partial charge in [0.2, 0.25) is 0 Å². The zero-order chi connectivity index (χ0) is 12.0. The summed E-state index contributed by atoms with van der Waals surface area (Å²) in [5.74, 6) is -3.26. The Morgan fingerprint density at radius 1 is 1.24 bits per heavy atom. The van der Waals surface area contributed by atoms with Gasteiger partial charge in [0.15, 0.2) is 0 Å². The number of carboxylic acids is 1. The molecule has 0 aromatic rings. The molecule has 0 fully saturated rings. The van der Waals surface area contributed by atoms with Gasteiger partial charge in [-0.05, 0) is 11.8 Å². The number of carbonyl (C=O) groups is 2. The van der Waals surface area contributed by atoms with Gasteiger partial charge in [-0.1, -0.05) is 0 Å². The van der Waals surface area contributed by atoms with Crippen molar-refractivity contribution in [2.45, 2.75) is 6.42 Å². The zero-order valence-electron chi connectivity index (χ0n) is 9.28. The Balaban J connectivity index is 0.00000256. The van der Waals surface area contributed by atoms with E-state index >= 15 is 0 Å². The molecule has 0 saturated carbocycles. The fraction of sp³-hybridized carbons (Fsp3) is 0.455. The Morgan fingerprint density at radius 2 is 1.82 bits per heavy atom. The molecule has 5 nitrogen and oxygen atoms in total. The number of carbonyl (C=O) groups excluding carboxylic acids is 1. The van der Waals surface area contributed by atoms with Gasteiger partial charge in [-0.25, -0.2) is 0 Å². The minimum atomic E-state index is -1.05. The van der Waals surface area contributed by atoms with E-state index in [1.807, 2.05) is 0 Å². The summed E-state index contributed by atoms with van der Waals surface area (Å²) in [7, 11) is 0. The Hall–Kier alpha value is -0.516. The largest absolute Gasteiger partial charge is 0.482 e. The molecule has 1 radical (unpaired) electrons. The predicted octanol–water partition coefficient (Wildman–Crippen LogP) is 0.205. The van der Waals surface area contributed by atoms with Crippen molar-refractivity contribution in [1.29, 1.82) is 0 Å². The van der Waals surface area contributed by atoms with E-state index in [0.29, 0.717) is 6.42 Å². The van der Waals surface area contributed by atoms with Crippen LogP contribution < -0.4 is 0 Å². The molecule has 0 heterocycles. The average molecular weight is 315 g/mol. The maximum atomic E-state index is 11.5. The number of ether oxygens (including phenoxy) is 1. The third-order valence-corrected chi connectivity index (χ3v) is 2.24. The van der Waals surface area contributed by atoms with Crippen molar-refractivity contribution in [2.24, 2.45) is 11.8 Å². The molecule has 1 rings (SSSR count). The molecular weight excluding hydrogens is 301 g/mol. The van der Waals surface area contributed by atoms with Gasteiger partial charge in [-0.15, -0.1) is 0 Å². The van der Waals surface area contributed by atoms with E-state index in [1.54, 1.807) is 12.2 Å². The molecule has 0 spiro atoms. The van der Waals surface area contributed by atoms with Crippen molar-refractivity contribution < 1.29 is 57.2 Å². The monoisotopic (exact) mass is 315 g/mol. The fourth-order valence-corrected chi connectivity index (χ4v) is 1.40. The van der Waals surface area contributed by atoms with Gasteiger partial charge < -0.3 is 27.1 Å². The van der Waals surface area contributed by atoms with Crippen molar-refractivity contribution in [3.05, 3.63) is 25.0 Å². The third-order valence-electron chi connectivity index (χ3n) is 2.24. The van der Waals surface area contributed by atoms with E-state index in [9.17, 15) is 9.59 Å². The Bertz CT molecular complexity index is 290. The Labute approximate surface area is 125 Å². The topological polar surface area (TPSA) is 83.8 Å². The van der Waals surface area contributed by atoms with Crippen LogP contribution in [0.1, 0.15) is 6.42 Å². The fourth-order valence-electron chi connectivity index (χ4n) is 1.40. The van der Waals surface area contributed by atoms with Crippen LogP contribution in [0.3, 0.4) is 0 Å². The minimum Gasteiger partial charge on any atom is -0.482 e. The normalized spacial score (nSPS) is 21.7. The van der Waals surface area contributed by atoms with Crippen molar-refractivity contribution in [3.8, 4) is 0 Å². The summed E-state index contributed by atoms with van der Waals surface area (Å²) in [6, 6.07) is 0. The summed E-state index contributed by atoms with van der Waals surface area (Å²) in [5.41, 5.74) is 0. The maximum Gasteiger partial charge on any atom is 0.293 e. The van der Waals surface area contributed by atoms with Crippen LogP contribution in [0.15, 0.2) is 12.2 Å².